The molecule has 7 heteroatoms. The molecule has 0 aliphatic heterocycles. The zero-order valence-corrected chi connectivity index (χ0v) is 22.4. The summed E-state index contributed by atoms with van der Waals surface area (Å²) < 4.78 is 19.3. The molecule has 1 fully saturated rings. The minimum atomic E-state index is -0.538. The van der Waals surface area contributed by atoms with Crippen LogP contribution in [0.4, 0.5) is 15.8 Å². The predicted octanol–water partition coefficient (Wildman–Crippen LogP) is 6.83. The Morgan fingerprint density at radius 1 is 1.03 bits per heavy atom. The van der Waals surface area contributed by atoms with Crippen molar-refractivity contribution in [3.05, 3.63) is 89.2 Å². The second-order valence-corrected chi connectivity index (χ2v) is 9.75. The maximum absolute atomic E-state index is 14.7. The molecular weight excluding hydrogens is 493 g/mol. The molecule has 0 heterocycles. The number of benzene rings is 3. The van der Waals surface area contributed by atoms with E-state index in [4.69, 9.17) is 5.41 Å². The van der Waals surface area contributed by atoms with Crippen LogP contribution in [0.1, 0.15) is 48.8 Å². The molecular formula is C32H34FN3O3. The molecule has 6 nitrogen and oxygen atoms in total. The summed E-state index contributed by atoms with van der Waals surface area (Å²) in [6, 6.07) is 18.3. The molecule has 39 heavy (non-hydrogen) atoms. The van der Waals surface area contributed by atoms with Crippen molar-refractivity contribution >= 4 is 35.5 Å². The van der Waals surface area contributed by atoms with Crippen LogP contribution in [0.15, 0.2) is 66.7 Å². The lowest BCUT2D eigenvalue weighted by atomic mass is 9.88. The molecule has 0 aromatic heterocycles. The molecule has 0 unspecified atom stereocenters. The molecule has 4 rings (SSSR count). The van der Waals surface area contributed by atoms with Crippen LogP contribution in [0.25, 0.3) is 17.2 Å². The zero-order valence-electron chi connectivity index (χ0n) is 22.4. The van der Waals surface area contributed by atoms with Crippen LogP contribution >= 0.6 is 0 Å². The Morgan fingerprint density at radius 2 is 1.74 bits per heavy atom. The van der Waals surface area contributed by atoms with Gasteiger partial charge in [0.1, 0.15) is 5.82 Å². The number of carbonyl (C=O) groups is 2. The van der Waals surface area contributed by atoms with Crippen LogP contribution < -0.4 is 10.2 Å². The molecule has 0 atom stereocenters. The van der Waals surface area contributed by atoms with E-state index >= 15 is 0 Å². The molecule has 0 bridgehead atoms. The maximum atomic E-state index is 14.7. The third-order valence-corrected chi connectivity index (χ3v) is 7.15. The topological polar surface area (TPSA) is 82.5 Å². The zero-order chi connectivity index (χ0) is 27.8. The monoisotopic (exact) mass is 527 g/mol. The van der Waals surface area contributed by atoms with Gasteiger partial charge in [-0.05, 0) is 71.5 Å². The Labute approximate surface area is 229 Å². The Morgan fingerprint density at radius 3 is 2.41 bits per heavy atom. The molecule has 0 saturated heterocycles. The summed E-state index contributed by atoms with van der Waals surface area (Å²) in [6.45, 7) is 0.295. The predicted molar refractivity (Wildman–Crippen MR) is 155 cm³/mol. The first-order valence-electron chi connectivity index (χ1n) is 13.2. The lowest BCUT2D eigenvalue weighted by Crippen LogP contribution is -2.36. The Hall–Kier alpha value is -4.26. The number of halogens is 1. The van der Waals surface area contributed by atoms with Crippen LogP contribution in [0.3, 0.4) is 0 Å². The molecule has 1 aliphatic rings. The van der Waals surface area contributed by atoms with Gasteiger partial charge in [-0.3, -0.25) is 4.79 Å². The van der Waals surface area contributed by atoms with E-state index in [9.17, 15) is 14.0 Å². The van der Waals surface area contributed by atoms with E-state index in [1.807, 2.05) is 49.5 Å². The highest BCUT2D eigenvalue weighted by Crippen LogP contribution is 2.31. The third-order valence-electron chi connectivity index (χ3n) is 7.15. The van der Waals surface area contributed by atoms with Crippen LogP contribution in [-0.2, 0) is 20.9 Å². The minimum absolute atomic E-state index is 0.00875. The number of methoxy groups -OCH3 is 1. The van der Waals surface area contributed by atoms with Gasteiger partial charge in [-0.2, -0.15) is 0 Å². The fraction of sp³-hybridized carbons (Fsp3) is 0.281. The second-order valence-electron chi connectivity index (χ2n) is 9.75. The summed E-state index contributed by atoms with van der Waals surface area (Å²) in [5.74, 6) is -1.13. The summed E-state index contributed by atoms with van der Waals surface area (Å²) in [7, 11) is 3.11. The van der Waals surface area contributed by atoms with E-state index in [-0.39, 0.29) is 11.8 Å². The number of hydrogen-bond acceptors (Lipinski definition) is 5. The SMILES string of the molecule is CNc1ccc(-c2ccc(CN(C(=O)C3CCCCC3)c3cc(F)cc(/C=C/C(=O)OC)c3)cc2)cc1C=N. The Balaban J connectivity index is 1.64. The van der Waals surface area contributed by atoms with Crippen molar-refractivity contribution in [3.63, 3.8) is 0 Å². The lowest BCUT2D eigenvalue weighted by Gasteiger charge is -2.30. The molecule has 2 N–H and O–H groups in total. The average Bonchev–Trinajstić information content (AvgIpc) is 2.98. The largest absolute Gasteiger partial charge is 0.466 e. The lowest BCUT2D eigenvalue weighted by molar-refractivity contribution is -0.134. The van der Waals surface area contributed by atoms with Gasteiger partial charge in [0.25, 0.3) is 0 Å². The van der Waals surface area contributed by atoms with Crippen molar-refractivity contribution in [1.29, 1.82) is 5.41 Å². The summed E-state index contributed by atoms with van der Waals surface area (Å²) in [6.07, 6.45) is 8.86. The van der Waals surface area contributed by atoms with E-state index in [1.54, 1.807) is 11.0 Å². The van der Waals surface area contributed by atoms with Crippen LogP contribution in [-0.4, -0.2) is 32.2 Å². The number of esters is 1. The molecule has 202 valence electrons. The number of ether oxygens (including phenoxy) is 1. The number of rotatable bonds is 9. The van der Waals surface area contributed by atoms with Gasteiger partial charge in [0.2, 0.25) is 5.91 Å². The van der Waals surface area contributed by atoms with Gasteiger partial charge in [-0.15, -0.1) is 0 Å². The summed E-state index contributed by atoms with van der Waals surface area (Å²) >= 11 is 0. The van der Waals surface area contributed by atoms with Crippen LogP contribution in [0.5, 0.6) is 0 Å². The smallest absolute Gasteiger partial charge is 0.330 e. The highest BCUT2D eigenvalue weighted by molar-refractivity contribution is 5.95. The molecule has 1 amide bonds. The van der Waals surface area contributed by atoms with Gasteiger partial charge >= 0.3 is 5.97 Å². The summed E-state index contributed by atoms with van der Waals surface area (Å²) in [5, 5.41) is 10.8. The van der Waals surface area contributed by atoms with Crippen molar-refractivity contribution in [3.8, 4) is 11.1 Å². The van der Waals surface area contributed by atoms with Gasteiger partial charge in [0.15, 0.2) is 0 Å². The minimum Gasteiger partial charge on any atom is -0.466 e. The normalized spacial score (nSPS) is 13.7. The number of anilines is 2. The van der Waals surface area contributed by atoms with E-state index in [0.717, 1.165) is 60.0 Å². The van der Waals surface area contributed by atoms with Gasteiger partial charge < -0.3 is 20.4 Å². The summed E-state index contributed by atoms with van der Waals surface area (Å²) in [4.78, 5) is 27.0. The Bertz CT molecular complexity index is 1360. The highest BCUT2D eigenvalue weighted by atomic mass is 19.1. The summed E-state index contributed by atoms with van der Waals surface area (Å²) in [5.41, 5.74) is 5.51. The van der Waals surface area contributed by atoms with E-state index in [2.05, 4.69) is 10.1 Å². The van der Waals surface area contributed by atoms with E-state index < -0.39 is 11.8 Å². The quantitative estimate of drug-likeness (QED) is 0.181. The number of nitrogens with zero attached hydrogens (tertiary/aromatic N) is 1. The fourth-order valence-corrected chi connectivity index (χ4v) is 5.02. The first-order chi connectivity index (χ1) is 18.9. The van der Waals surface area contributed by atoms with Crippen molar-refractivity contribution in [2.24, 2.45) is 5.92 Å². The molecule has 3 aromatic rings. The fourth-order valence-electron chi connectivity index (χ4n) is 5.02. The highest BCUT2D eigenvalue weighted by Gasteiger charge is 2.27. The van der Waals surface area contributed by atoms with E-state index in [1.165, 1.54) is 37.6 Å². The Kier molecular flexibility index (Phi) is 9.26. The average molecular weight is 528 g/mol. The number of amides is 1. The van der Waals surface area contributed by atoms with Crippen molar-refractivity contribution in [2.75, 3.05) is 24.4 Å². The van der Waals surface area contributed by atoms with Crippen molar-refractivity contribution in [2.45, 2.75) is 38.6 Å². The van der Waals surface area contributed by atoms with Gasteiger partial charge in [0, 0.05) is 42.2 Å². The molecule has 1 aliphatic carbocycles. The number of carbonyl (C=O) groups excluding carboxylic acids is 2. The van der Waals surface area contributed by atoms with Crippen molar-refractivity contribution in [1.82, 2.24) is 0 Å². The van der Waals surface area contributed by atoms with Crippen molar-refractivity contribution < 1.29 is 18.7 Å². The number of hydrogen-bond donors (Lipinski definition) is 2. The number of nitrogens with one attached hydrogen (secondary N) is 2. The van der Waals surface area contributed by atoms with Gasteiger partial charge in [-0.25, -0.2) is 9.18 Å². The van der Waals surface area contributed by atoms with Gasteiger partial charge in [0.05, 0.1) is 13.7 Å². The van der Waals surface area contributed by atoms with Gasteiger partial charge in [-0.1, -0.05) is 49.6 Å². The van der Waals surface area contributed by atoms with E-state index in [0.29, 0.717) is 17.8 Å². The second kappa shape index (κ2) is 13.0. The maximum Gasteiger partial charge on any atom is 0.330 e. The molecule has 0 spiro atoms. The standard InChI is InChI=1S/C32H34FN3O3/c1-35-30-14-13-26(18-27(30)20-34)24-11-8-22(9-12-24)21-36(32(38)25-6-4-3-5-7-25)29-17-23(16-28(33)19-29)10-15-31(37)39-2/h8-20,25,34-35H,3-7,21H2,1-2H3/b15-10+,34-20?. The molecule has 1 saturated carbocycles. The van der Waals surface area contributed by atoms with Crippen LogP contribution in [0.2, 0.25) is 0 Å². The first-order valence-corrected chi connectivity index (χ1v) is 13.2. The third kappa shape index (κ3) is 6.99. The first kappa shape index (κ1) is 27.8. The molecule has 0 radical (unpaired) electrons. The molecule has 3 aromatic carbocycles. The van der Waals surface area contributed by atoms with Crippen LogP contribution in [0, 0.1) is 17.1 Å².